The van der Waals surface area contributed by atoms with Gasteiger partial charge in [-0.25, -0.2) is 4.98 Å². The standard InChI is InChI=1S/C33H34N10O7S3/c1-17-38-39-33(53-17)36-23(44)14-41-9-6-18(7-10-41)13-42-11-8-19(28(42)46)12-20-15-51-30-25(29(47)43(30)26(20)31(48)49)37-27(45)24(22-16-52-32(34)35-22)40-50-21-4-2-3-5-21/h6-7,9-10,12,16,21,25,30H,2-5,8,11,13-15H2,1H3,(H4-,34,35,36,37,39,44,45,48,49)/b19-12?,40-24-/t25-,30-/m1/s1. The highest BCUT2D eigenvalue weighted by Gasteiger charge is 2.53. The number of amides is 4. The number of thiazole rings is 1. The first-order valence-corrected chi connectivity index (χ1v) is 19.5. The average Bonchev–Trinajstić information content (AvgIpc) is 3.96. The molecule has 17 nitrogen and oxygen atoms in total. The summed E-state index contributed by atoms with van der Waals surface area (Å²) < 4.78 is 1.70. The third-order valence-corrected chi connectivity index (χ3v) is 11.8. The Morgan fingerprint density at radius 1 is 1.19 bits per heavy atom. The van der Waals surface area contributed by atoms with Gasteiger partial charge in [0.05, 0.1) is 11.7 Å². The molecular weight excluding hydrogens is 745 g/mol. The van der Waals surface area contributed by atoms with Gasteiger partial charge in [0.2, 0.25) is 17.6 Å². The van der Waals surface area contributed by atoms with Crippen molar-refractivity contribution in [2.75, 3.05) is 23.3 Å². The number of nitrogen functional groups attached to an aromatic ring is 1. The second-order valence-corrected chi connectivity index (χ2v) is 15.9. The molecule has 53 heavy (non-hydrogen) atoms. The Hall–Kier alpha value is -5.21. The van der Waals surface area contributed by atoms with Crippen LogP contribution in [0, 0.1) is 6.92 Å². The zero-order valence-corrected chi connectivity index (χ0v) is 30.8. The van der Waals surface area contributed by atoms with E-state index in [-0.39, 0.29) is 58.0 Å². The number of nitrogens with zero attached hydrogens (tertiary/aromatic N) is 7. The van der Waals surface area contributed by atoms with E-state index in [9.17, 15) is 29.1 Å². The fraction of sp³-hybridized carbons (Fsp3) is 0.394. The van der Waals surface area contributed by atoms with Gasteiger partial charge in [-0.05, 0) is 56.2 Å². The molecule has 20 heteroatoms. The van der Waals surface area contributed by atoms with Gasteiger partial charge in [-0.2, -0.15) is 4.57 Å². The molecule has 2 saturated heterocycles. The molecule has 3 aromatic rings. The van der Waals surface area contributed by atoms with E-state index in [0.29, 0.717) is 30.2 Å². The van der Waals surface area contributed by atoms with Crippen LogP contribution in [-0.2, 0) is 41.9 Å². The summed E-state index contributed by atoms with van der Waals surface area (Å²) >= 11 is 3.68. The highest BCUT2D eigenvalue weighted by molar-refractivity contribution is 8.00. The molecule has 0 unspecified atom stereocenters. The minimum absolute atomic E-state index is 0.0720. The molecule has 0 radical (unpaired) electrons. The van der Waals surface area contributed by atoms with Crippen LogP contribution < -0.4 is 26.0 Å². The fourth-order valence-electron chi connectivity index (χ4n) is 6.43. The number of thioether (sulfide) groups is 1. The summed E-state index contributed by atoms with van der Waals surface area (Å²) in [4.78, 5) is 77.5. The van der Waals surface area contributed by atoms with Gasteiger partial charge in [0, 0.05) is 41.9 Å². The van der Waals surface area contributed by atoms with Crippen molar-refractivity contribution in [1.29, 1.82) is 0 Å². The number of carboxylic acids is 1. The number of oxime groups is 1. The number of carbonyl (C=O) groups excluding carboxylic acids is 5. The lowest BCUT2D eigenvalue weighted by Crippen LogP contribution is -2.71. The lowest BCUT2D eigenvalue weighted by molar-refractivity contribution is -0.684. The molecule has 4 aliphatic rings. The molecule has 3 fully saturated rings. The van der Waals surface area contributed by atoms with E-state index in [4.69, 9.17) is 10.6 Å². The second kappa shape index (κ2) is 15.4. The van der Waals surface area contributed by atoms with E-state index in [0.717, 1.165) is 52.5 Å². The first kappa shape index (κ1) is 36.2. The van der Waals surface area contributed by atoms with Gasteiger partial charge >= 0.3 is 0 Å². The van der Waals surface area contributed by atoms with E-state index < -0.39 is 29.2 Å². The van der Waals surface area contributed by atoms with Gasteiger partial charge in [-0.15, -0.1) is 33.3 Å². The molecule has 4 N–H and O–H groups in total. The molecule has 2 atom stereocenters. The number of carboxylic acid groups (broad SMARTS) is 1. The van der Waals surface area contributed by atoms with E-state index in [2.05, 4.69) is 31.0 Å². The Morgan fingerprint density at radius 3 is 2.64 bits per heavy atom. The average molecular weight is 779 g/mol. The zero-order valence-electron chi connectivity index (χ0n) is 28.4. The number of likely N-dealkylation sites (tertiary alicyclic amines) is 1. The molecule has 7 rings (SSSR count). The molecule has 0 bridgehead atoms. The Morgan fingerprint density at radius 2 is 1.96 bits per heavy atom. The van der Waals surface area contributed by atoms with Crippen LogP contribution in [0.4, 0.5) is 10.3 Å². The Labute approximate surface area is 315 Å². The van der Waals surface area contributed by atoms with Crippen molar-refractivity contribution in [2.45, 2.75) is 69.6 Å². The van der Waals surface area contributed by atoms with Crippen LogP contribution >= 0.6 is 34.4 Å². The van der Waals surface area contributed by atoms with E-state index in [1.165, 1.54) is 29.2 Å². The summed E-state index contributed by atoms with van der Waals surface area (Å²) in [5.41, 5.74) is 7.08. The van der Waals surface area contributed by atoms with Crippen LogP contribution in [0.2, 0.25) is 0 Å². The number of hydrogen-bond donors (Lipinski definition) is 3. The quantitative estimate of drug-likeness (QED) is 0.0739. The Balaban J connectivity index is 0.986. The normalized spacial score (nSPS) is 21.2. The minimum atomic E-state index is -1.56. The topological polar surface area (TPSA) is 229 Å². The molecule has 276 valence electrons. The third kappa shape index (κ3) is 7.93. The molecule has 1 saturated carbocycles. The maximum absolute atomic E-state index is 13.4. The van der Waals surface area contributed by atoms with E-state index >= 15 is 0 Å². The Bertz CT molecular complexity index is 2050. The first-order chi connectivity index (χ1) is 25.5. The van der Waals surface area contributed by atoms with Gasteiger partial charge in [-0.1, -0.05) is 16.5 Å². The second-order valence-electron chi connectivity index (χ2n) is 12.7. The molecule has 6 heterocycles. The van der Waals surface area contributed by atoms with Crippen LogP contribution in [0.25, 0.3) is 0 Å². The molecule has 0 aromatic carbocycles. The van der Waals surface area contributed by atoms with Gasteiger partial charge in [0.15, 0.2) is 23.2 Å². The lowest BCUT2D eigenvalue weighted by atomic mass is 10.0. The first-order valence-electron chi connectivity index (χ1n) is 16.8. The van der Waals surface area contributed by atoms with Crippen LogP contribution in [0.3, 0.4) is 0 Å². The van der Waals surface area contributed by atoms with Gasteiger partial charge in [0.25, 0.3) is 17.7 Å². The lowest BCUT2D eigenvalue weighted by Gasteiger charge is -2.50. The van der Waals surface area contributed by atoms with Crippen molar-refractivity contribution in [1.82, 2.24) is 30.3 Å². The summed E-state index contributed by atoms with van der Waals surface area (Å²) in [5.74, 6) is -3.22. The van der Waals surface area contributed by atoms with Crippen LogP contribution in [0.5, 0.6) is 0 Å². The van der Waals surface area contributed by atoms with Crippen molar-refractivity contribution in [3.63, 3.8) is 0 Å². The third-order valence-electron chi connectivity index (χ3n) is 9.05. The summed E-state index contributed by atoms with van der Waals surface area (Å²) in [5, 5.41) is 31.9. The number of hydrogen-bond acceptors (Lipinski definition) is 15. The smallest absolute Gasteiger partial charge is 0.292 e. The van der Waals surface area contributed by atoms with Crippen molar-refractivity contribution in [2.24, 2.45) is 5.16 Å². The fourth-order valence-corrected chi connectivity index (χ4v) is 8.89. The maximum Gasteiger partial charge on any atom is 0.292 e. The number of nitrogens with two attached hydrogens (primary N) is 1. The predicted molar refractivity (Wildman–Crippen MR) is 191 cm³/mol. The number of β-lactam (4-membered cyclic amide) rings is 1. The van der Waals surface area contributed by atoms with Gasteiger partial charge < -0.3 is 30.7 Å². The number of fused-ring (bicyclic) bond motifs is 1. The Kier molecular flexibility index (Phi) is 10.5. The van der Waals surface area contributed by atoms with Crippen LogP contribution in [0.15, 0.2) is 58.0 Å². The monoisotopic (exact) mass is 778 g/mol. The molecule has 1 aliphatic carbocycles. The summed E-state index contributed by atoms with van der Waals surface area (Å²) in [6.45, 7) is 2.60. The van der Waals surface area contributed by atoms with Crippen molar-refractivity contribution < 1.29 is 38.5 Å². The van der Waals surface area contributed by atoms with Gasteiger partial charge in [0.1, 0.15) is 28.2 Å². The summed E-state index contributed by atoms with van der Waals surface area (Å²) in [6, 6.07) is 2.60. The van der Waals surface area contributed by atoms with Crippen LogP contribution in [0.1, 0.15) is 48.4 Å². The van der Waals surface area contributed by atoms with E-state index in [1.807, 2.05) is 12.1 Å². The largest absolute Gasteiger partial charge is 0.543 e. The zero-order chi connectivity index (χ0) is 37.2. The number of rotatable bonds is 12. The number of allylic oxidation sites excluding steroid dienone is 1. The van der Waals surface area contributed by atoms with Crippen molar-refractivity contribution >= 4 is 80.0 Å². The number of carbonyl (C=O) groups is 5. The minimum Gasteiger partial charge on any atom is -0.543 e. The molecule has 3 aromatic heterocycles. The molecule has 4 amide bonds. The van der Waals surface area contributed by atoms with Gasteiger partial charge in [-0.3, -0.25) is 29.4 Å². The number of pyridine rings is 1. The number of nitrogens with one attached hydrogen (secondary N) is 2. The number of aromatic nitrogens is 4. The summed E-state index contributed by atoms with van der Waals surface area (Å²) in [7, 11) is 0. The van der Waals surface area contributed by atoms with E-state index in [1.54, 1.807) is 34.2 Å². The molecule has 3 aliphatic heterocycles. The molecule has 0 spiro atoms. The SMILES string of the molecule is Cc1nnc(NC(=O)C[n+]2ccc(CN3CCC(=CC4=C(C(=O)[O-])N5C(=O)[C@@H](NC(=O)/C(=N\OC6CCCC6)c6csc(N)n6)[C@H]5SC4)C3=O)cc2)s1. The number of aliphatic carboxylic acids is 1. The number of aryl methyl sites for hydroxylation is 1. The highest BCUT2D eigenvalue weighted by Crippen LogP contribution is 2.41. The maximum atomic E-state index is 13.4. The molecular formula is C33H34N10O7S3. The summed E-state index contributed by atoms with van der Waals surface area (Å²) in [6.07, 6.45) is 8.92. The van der Waals surface area contributed by atoms with Crippen LogP contribution in [-0.4, -0.2) is 90.1 Å². The number of anilines is 2. The van der Waals surface area contributed by atoms with Crippen molar-refractivity contribution in [3.8, 4) is 0 Å². The highest BCUT2D eigenvalue weighted by atomic mass is 32.2. The predicted octanol–water partition coefficient (Wildman–Crippen LogP) is 0.238. The van der Waals surface area contributed by atoms with Crippen molar-refractivity contribution in [3.05, 3.63) is 69.1 Å².